The van der Waals surface area contributed by atoms with E-state index in [-0.39, 0.29) is 5.91 Å². The molecule has 32 heavy (non-hydrogen) atoms. The summed E-state index contributed by atoms with van der Waals surface area (Å²) < 4.78 is 16.3. The van der Waals surface area contributed by atoms with Gasteiger partial charge < -0.3 is 24.4 Å². The predicted molar refractivity (Wildman–Crippen MR) is 128 cm³/mol. The Kier molecular flexibility index (Phi) is 8.56. The van der Waals surface area contributed by atoms with E-state index in [2.05, 4.69) is 30.4 Å². The van der Waals surface area contributed by atoms with Crippen molar-refractivity contribution < 1.29 is 19.0 Å². The fourth-order valence-electron chi connectivity index (χ4n) is 4.16. The summed E-state index contributed by atoms with van der Waals surface area (Å²) in [5.41, 5.74) is 2.79. The Labute approximate surface area is 191 Å². The second-order valence-corrected chi connectivity index (χ2v) is 8.19. The molecule has 1 aliphatic heterocycles. The number of nitrogens with one attached hydrogen (secondary N) is 1. The summed E-state index contributed by atoms with van der Waals surface area (Å²) in [5, 5.41) is 3.40. The molecule has 6 nitrogen and oxygen atoms in total. The van der Waals surface area contributed by atoms with Gasteiger partial charge in [-0.25, -0.2) is 0 Å². The highest BCUT2D eigenvalue weighted by Gasteiger charge is 2.24. The molecule has 172 valence electrons. The van der Waals surface area contributed by atoms with Gasteiger partial charge >= 0.3 is 0 Å². The van der Waals surface area contributed by atoms with Crippen LogP contribution in [0.5, 0.6) is 17.2 Å². The van der Waals surface area contributed by atoms with Crippen molar-refractivity contribution in [1.82, 2.24) is 10.2 Å². The molecule has 0 saturated carbocycles. The van der Waals surface area contributed by atoms with E-state index in [1.807, 2.05) is 23.1 Å². The number of amides is 1. The third kappa shape index (κ3) is 6.04. The number of benzene rings is 2. The maximum Gasteiger partial charge on any atom is 0.254 e. The van der Waals surface area contributed by atoms with Gasteiger partial charge in [0.25, 0.3) is 5.91 Å². The monoisotopic (exact) mass is 438 g/mol. The minimum absolute atomic E-state index is 0.0383. The second kappa shape index (κ2) is 11.6. The van der Waals surface area contributed by atoms with Crippen LogP contribution in [-0.2, 0) is 0 Å². The lowest BCUT2D eigenvalue weighted by molar-refractivity contribution is 0.0732. The van der Waals surface area contributed by atoms with Crippen LogP contribution in [0.3, 0.4) is 0 Å². The van der Waals surface area contributed by atoms with E-state index in [4.69, 9.17) is 14.2 Å². The average molecular weight is 439 g/mol. The number of piperidine rings is 1. The molecule has 0 radical (unpaired) electrons. The Morgan fingerprint density at radius 3 is 2.22 bits per heavy atom. The average Bonchev–Trinajstić information content (AvgIpc) is 2.83. The van der Waals surface area contributed by atoms with Crippen LogP contribution in [0.4, 0.5) is 0 Å². The van der Waals surface area contributed by atoms with Gasteiger partial charge in [-0.2, -0.15) is 0 Å². The Bertz CT molecular complexity index is 896. The van der Waals surface area contributed by atoms with Crippen LogP contribution in [0.25, 0.3) is 6.08 Å². The lowest BCUT2D eigenvalue weighted by Crippen LogP contribution is -2.40. The zero-order chi connectivity index (χ0) is 22.9. The first-order chi connectivity index (χ1) is 15.5. The second-order valence-electron chi connectivity index (χ2n) is 8.19. The summed E-state index contributed by atoms with van der Waals surface area (Å²) >= 11 is 0. The van der Waals surface area contributed by atoms with Crippen molar-refractivity contribution in [3.63, 3.8) is 0 Å². The molecule has 1 amide bonds. The van der Waals surface area contributed by atoms with Crippen molar-refractivity contribution >= 4 is 12.0 Å². The molecule has 1 heterocycles. The lowest BCUT2D eigenvalue weighted by atomic mass is 9.96. The fourth-order valence-corrected chi connectivity index (χ4v) is 4.16. The van der Waals surface area contributed by atoms with Gasteiger partial charge in [-0.3, -0.25) is 4.79 Å². The third-order valence-corrected chi connectivity index (χ3v) is 5.79. The minimum Gasteiger partial charge on any atom is -0.493 e. The number of carbonyl (C=O) groups excluding carboxylic acids is 1. The first-order valence-corrected chi connectivity index (χ1v) is 11.1. The van der Waals surface area contributed by atoms with Gasteiger partial charge in [-0.1, -0.05) is 42.0 Å². The molecule has 0 atom stereocenters. The van der Waals surface area contributed by atoms with Crippen LogP contribution >= 0.6 is 0 Å². The van der Waals surface area contributed by atoms with Crippen LogP contribution in [0.1, 0.15) is 35.7 Å². The lowest BCUT2D eigenvalue weighted by Gasteiger charge is -2.31. The molecule has 1 N–H and O–H groups in total. The standard InChI is InChI=1S/C26H34N2O4/c1-19(14-20-8-6-5-7-9-20)17-28(18-21-10-12-27-13-11-21)26(29)22-15-23(30-2)25(32-4)24(16-22)31-3/h5-9,14-16,21,27H,10-13,17-18H2,1-4H3/b19-14+. The van der Waals surface area contributed by atoms with Crippen molar-refractivity contribution in [2.45, 2.75) is 19.8 Å². The van der Waals surface area contributed by atoms with Crippen LogP contribution in [0.2, 0.25) is 0 Å². The number of hydrogen-bond acceptors (Lipinski definition) is 5. The topological polar surface area (TPSA) is 60.0 Å². The van der Waals surface area contributed by atoms with Crippen molar-refractivity contribution in [3.8, 4) is 17.2 Å². The molecule has 0 bridgehead atoms. The molecule has 0 spiro atoms. The van der Waals surface area contributed by atoms with E-state index in [9.17, 15) is 4.79 Å². The molecular weight excluding hydrogens is 404 g/mol. The van der Waals surface area contributed by atoms with E-state index in [1.165, 1.54) is 0 Å². The molecule has 1 fully saturated rings. The number of methoxy groups -OCH3 is 3. The molecule has 0 unspecified atom stereocenters. The molecular formula is C26H34N2O4. The Morgan fingerprint density at radius 1 is 1.03 bits per heavy atom. The van der Waals surface area contributed by atoms with Crippen LogP contribution in [-0.4, -0.2) is 58.3 Å². The number of ether oxygens (including phenoxy) is 3. The van der Waals surface area contributed by atoms with E-state index in [1.54, 1.807) is 33.5 Å². The van der Waals surface area contributed by atoms with Gasteiger partial charge in [0, 0.05) is 18.7 Å². The smallest absolute Gasteiger partial charge is 0.254 e. The maximum atomic E-state index is 13.7. The number of carbonyl (C=O) groups is 1. The summed E-state index contributed by atoms with van der Waals surface area (Å²) in [6, 6.07) is 13.7. The first kappa shape index (κ1) is 23.7. The van der Waals surface area contributed by atoms with Gasteiger partial charge in [0.2, 0.25) is 5.75 Å². The highest BCUT2D eigenvalue weighted by molar-refractivity contribution is 5.96. The van der Waals surface area contributed by atoms with Crippen LogP contribution in [0.15, 0.2) is 48.0 Å². The maximum absolute atomic E-state index is 13.7. The highest BCUT2D eigenvalue weighted by Crippen LogP contribution is 2.38. The van der Waals surface area contributed by atoms with E-state index >= 15 is 0 Å². The SMILES string of the molecule is COc1cc(C(=O)N(C/C(C)=C/c2ccccc2)CC2CCNCC2)cc(OC)c1OC. The summed E-state index contributed by atoms with van der Waals surface area (Å²) in [6.07, 6.45) is 4.28. The normalized spacial score (nSPS) is 14.7. The first-order valence-electron chi connectivity index (χ1n) is 11.1. The molecule has 3 rings (SSSR count). The van der Waals surface area contributed by atoms with Gasteiger partial charge in [-0.15, -0.1) is 0 Å². The molecule has 0 aromatic heterocycles. The van der Waals surface area contributed by atoms with Crippen LogP contribution in [0, 0.1) is 5.92 Å². The van der Waals surface area contributed by atoms with Gasteiger partial charge in [0.05, 0.1) is 21.3 Å². The van der Waals surface area contributed by atoms with Crippen molar-refractivity contribution in [3.05, 3.63) is 59.2 Å². The molecule has 1 aliphatic rings. The summed E-state index contributed by atoms with van der Waals surface area (Å²) in [6.45, 7) is 5.35. The van der Waals surface area contributed by atoms with Gasteiger partial charge in [-0.05, 0) is 56.5 Å². The fraction of sp³-hybridized carbons (Fsp3) is 0.423. The predicted octanol–water partition coefficient (Wildman–Crippen LogP) is 4.26. The molecule has 2 aromatic carbocycles. The molecule has 6 heteroatoms. The third-order valence-electron chi connectivity index (χ3n) is 5.79. The summed E-state index contributed by atoms with van der Waals surface area (Å²) in [7, 11) is 4.68. The molecule has 0 aliphatic carbocycles. The highest BCUT2D eigenvalue weighted by atomic mass is 16.5. The Hall–Kier alpha value is -2.99. The minimum atomic E-state index is -0.0383. The zero-order valence-electron chi connectivity index (χ0n) is 19.5. The van der Waals surface area contributed by atoms with Crippen molar-refractivity contribution in [2.24, 2.45) is 5.92 Å². The largest absolute Gasteiger partial charge is 0.493 e. The quantitative estimate of drug-likeness (QED) is 0.634. The van der Waals surface area contributed by atoms with Crippen molar-refractivity contribution in [2.75, 3.05) is 47.5 Å². The zero-order valence-corrected chi connectivity index (χ0v) is 19.5. The van der Waals surface area contributed by atoms with Crippen molar-refractivity contribution in [1.29, 1.82) is 0 Å². The van der Waals surface area contributed by atoms with Gasteiger partial charge in [0.1, 0.15) is 0 Å². The number of nitrogens with zero attached hydrogens (tertiary/aromatic N) is 1. The van der Waals surface area contributed by atoms with E-state index < -0.39 is 0 Å². The van der Waals surface area contributed by atoms with E-state index in [0.29, 0.717) is 35.3 Å². The summed E-state index contributed by atoms with van der Waals surface area (Å²) in [4.78, 5) is 15.6. The number of hydrogen-bond donors (Lipinski definition) is 1. The van der Waals surface area contributed by atoms with Gasteiger partial charge in [0.15, 0.2) is 11.5 Å². The Morgan fingerprint density at radius 2 is 1.66 bits per heavy atom. The Balaban J connectivity index is 1.89. The van der Waals surface area contributed by atoms with Crippen LogP contribution < -0.4 is 19.5 Å². The summed E-state index contributed by atoms with van der Waals surface area (Å²) in [5.74, 6) is 1.88. The number of rotatable bonds is 9. The molecule has 2 aromatic rings. The molecule has 1 saturated heterocycles. The van der Waals surface area contributed by atoms with E-state index in [0.717, 1.165) is 43.6 Å².